The molecule has 1 aromatic heterocycles. The molecule has 0 unspecified atom stereocenters. The molecule has 0 fully saturated rings. The number of aromatic nitrogens is 1. The van der Waals surface area contributed by atoms with Crippen molar-refractivity contribution in [2.24, 2.45) is 0 Å². The monoisotopic (exact) mass is 382 g/mol. The SMILES string of the molecule is O=C(OCC(=O)c1c[nH]c2ccccc12)c1cc2c(cc1[N+](=O)[O-])OCCO2. The molecule has 0 spiro atoms. The van der Waals surface area contributed by atoms with E-state index in [4.69, 9.17) is 14.2 Å². The molecule has 0 radical (unpaired) electrons. The van der Waals surface area contributed by atoms with Gasteiger partial charge in [-0.1, -0.05) is 18.2 Å². The number of rotatable bonds is 5. The lowest BCUT2D eigenvalue weighted by Gasteiger charge is -2.18. The summed E-state index contributed by atoms with van der Waals surface area (Å²) in [5.41, 5.74) is 0.370. The zero-order valence-corrected chi connectivity index (χ0v) is 14.5. The second-order valence-electron chi connectivity index (χ2n) is 6.02. The Balaban J connectivity index is 1.55. The molecular formula is C19H14N2O7. The molecule has 0 amide bonds. The van der Waals surface area contributed by atoms with E-state index in [2.05, 4.69) is 4.98 Å². The first kappa shape index (κ1) is 17.5. The number of hydrogen-bond donors (Lipinski definition) is 1. The van der Waals surface area contributed by atoms with Crippen LogP contribution >= 0.6 is 0 Å². The minimum atomic E-state index is -0.989. The molecule has 2 aromatic carbocycles. The van der Waals surface area contributed by atoms with E-state index in [1.54, 1.807) is 12.1 Å². The number of nitrogens with zero attached hydrogens (tertiary/aromatic N) is 1. The van der Waals surface area contributed by atoms with Crippen molar-refractivity contribution in [3.05, 3.63) is 63.8 Å². The number of ketones is 1. The predicted molar refractivity (Wildman–Crippen MR) is 97.0 cm³/mol. The Morgan fingerprint density at radius 3 is 2.57 bits per heavy atom. The van der Waals surface area contributed by atoms with E-state index < -0.39 is 29.0 Å². The number of H-pyrrole nitrogens is 1. The van der Waals surface area contributed by atoms with Crippen LogP contribution in [0.15, 0.2) is 42.6 Å². The maximum absolute atomic E-state index is 12.4. The van der Waals surface area contributed by atoms with Crippen LogP contribution < -0.4 is 9.47 Å². The molecule has 4 rings (SSSR count). The van der Waals surface area contributed by atoms with E-state index >= 15 is 0 Å². The summed E-state index contributed by atoms with van der Waals surface area (Å²) in [4.78, 5) is 38.4. The molecule has 0 atom stereocenters. The first-order valence-corrected chi connectivity index (χ1v) is 8.39. The van der Waals surface area contributed by atoms with E-state index in [1.807, 2.05) is 12.1 Å². The highest BCUT2D eigenvalue weighted by molar-refractivity contribution is 6.09. The molecule has 0 aliphatic carbocycles. The third-order valence-corrected chi connectivity index (χ3v) is 4.30. The summed E-state index contributed by atoms with van der Waals surface area (Å²) >= 11 is 0. The first-order valence-electron chi connectivity index (χ1n) is 8.39. The minimum absolute atomic E-state index is 0.185. The van der Waals surface area contributed by atoms with Crippen molar-refractivity contribution in [2.75, 3.05) is 19.8 Å². The fraction of sp³-hybridized carbons (Fsp3) is 0.158. The molecule has 0 saturated heterocycles. The number of Topliss-reactive ketones (excluding diaryl/α,β-unsaturated/α-hetero) is 1. The Kier molecular flexibility index (Phi) is 4.40. The van der Waals surface area contributed by atoms with Gasteiger partial charge in [-0.3, -0.25) is 14.9 Å². The van der Waals surface area contributed by atoms with E-state index in [1.165, 1.54) is 12.3 Å². The van der Waals surface area contributed by atoms with Gasteiger partial charge in [-0.2, -0.15) is 0 Å². The van der Waals surface area contributed by atoms with Gasteiger partial charge in [0.05, 0.1) is 11.0 Å². The highest BCUT2D eigenvalue weighted by Gasteiger charge is 2.28. The highest BCUT2D eigenvalue weighted by Crippen LogP contribution is 2.36. The van der Waals surface area contributed by atoms with Crippen LogP contribution in [0.5, 0.6) is 11.5 Å². The summed E-state index contributed by atoms with van der Waals surface area (Å²) < 4.78 is 15.7. The zero-order valence-electron chi connectivity index (χ0n) is 14.5. The Labute approximate surface area is 158 Å². The van der Waals surface area contributed by atoms with Gasteiger partial charge in [0, 0.05) is 28.7 Å². The summed E-state index contributed by atoms with van der Waals surface area (Å²) in [6.07, 6.45) is 1.54. The number of aromatic amines is 1. The lowest BCUT2D eigenvalue weighted by molar-refractivity contribution is -0.385. The van der Waals surface area contributed by atoms with Crippen molar-refractivity contribution in [1.29, 1.82) is 0 Å². The second kappa shape index (κ2) is 7.03. The maximum atomic E-state index is 12.4. The number of benzene rings is 2. The number of para-hydroxylation sites is 1. The largest absolute Gasteiger partial charge is 0.486 e. The average Bonchev–Trinajstić information content (AvgIpc) is 3.15. The van der Waals surface area contributed by atoms with Crippen molar-refractivity contribution in [2.45, 2.75) is 0 Å². The van der Waals surface area contributed by atoms with Crippen molar-refractivity contribution in [1.82, 2.24) is 4.98 Å². The summed E-state index contributed by atoms with van der Waals surface area (Å²) in [5, 5.41) is 12.0. The quantitative estimate of drug-likeness (QED) is 0.312. The van der Waals surface area contributed by atoms with Crippen LogP contribution in [0.3, 0.4) is 0 Å². The number of carbonyl (C=O) groups is 2. The fourth-order valence-electron chi connectivity index (χ4n) is 2.98. The minimum Gasteiger partial charge on any atom is -0.486 e. The van der Waals surface area contributed by atoms with Gasteiger partial charge >= 0.3 is 5.97 Å². The molecular weight excluding hydrogens is 368 g/mol. The van der Waals surface area contributed by atoms with Gasteiger partial charge in [-0.05, 0) is 6.07 Å². The first-order chi connectivity index (χ1) is 13.5. The Morgan fingerprint density at radius 1 is 1.11 bits per heavy atom. The van der Waals surface area contributed by atoms with Crippen LogP contribution in [0.4, 0.5) is 5.69 Å². The molecule has 1 N–H and O–H groups in total. The topological polar surface area (TPSA) is 121 Å². The zero-order chi connectivity index (χ0) is 19.7. The summed E-state index contributed by atoms with van der Waals surface area (Å²) in [7, 11) is 0. The number of carbonyl (C=O) groups excluding carboxylic acids is 2. The second-order valence-corrected chi connectivity index (χ2v) is 6.02. The lowest BCUT2D eigenvalue weighted by atomic mass is 10.1. The van der Waals surface area contributed by atoms with E-state index in [0.717, 1.165) is 11.6 Å². The molecule has 1 aliphatic heterocycles. The van der Waals surface area contributed by atoms with Crippen LogP contribution in [-0.2, 0) is 4.74 Å². The Bertz CT molecular complexity index is 1100. The Hall–Kier alpha value is -3.88. The molecule has 0 saturated carbocycles. The highest BCUT2D eigenvalue weighted by atomic mass is 16.6. The molecule has 3 aromatic rings. The Morgan fingerprint density at radius 2 is 1.82 bits per heavy atom. The standard InChI is InChI=1S/C19H14N2O7/c22-16(13-9-20-14-4-2-1-3-11(13)14)10-28-19(23)12-7-17-18(27-6-5-26-17)8-15(12)21(24)25/h1-4,7-9,20H,5-6,10H2. The van der Waals surface area contributed by atoms with Crippen LogP contribution in [0.1, 0.15) is 20.7 Å². The van der Waals surface area contributed by atoms with Gasteiger partial charge in [0.25, 0.3) is 5.69 Å². The summed E-state index contributed by atoms with van der Waals surface area (Å²) in [6, 6.07) is 9.52. The number of hydrogen-bond acceptors (Lipinski definition) is 7. The van der Waals surface area contributed by atoms with Gasteiger partial charge in [0.1, 0.15) is 18.8 Å². The smallest absolute Gasteiger partial charge is 0.345 e. The third kappa shape index (κ3) is 3.13. The number of fused-ring (bicyclic) bond motifs is 2. The van der Waals surface area contributed by atoms with Crippen LogP contribution in [0.25, 0.3) is 10.9 Å². The average molecular weight is 382 g/mol. The van der Waals surface area contributed by atoms with Crippen LogP contribution in [0.2, 0.25) is 0 Å². The van der Waals surface area contributed by atoms with Gasteiger partial charge in [0.2, 0.25) is 5.78 Å². The van der Waals surface area contributed by atoms with Crippen molar-refractivity contribution in [3.8, 4) is 11.5 Å². The normalized spacial score (nSPS) is 12.6. The number of nitro benzene ring substituents is 1. The summed E-state index contributed by atoms with van der Waals surface area (Å²) in [6.45, 7) is -0.0301. The maximum Gasteiger partial charge on any atom is 0.345 e. The van der Waals surface area contributed by atoms with Crippen molar-refractivity contribution >= 4 is 28.3 Å². The van der Waals surface area contributed by atoms with E-state index in [0.29, 0.717) is 10.9 Å². The van der Waals surface area contributed by atoms with E-state index in [9.17, 15) is 19.7 Å². The van der Waals surface area contributed by atoms with Crippen molar-refractivity contribution < 1.29 is 28.7 Å². The molecule has 1 aliphatic rings. The number of nitro groups is 1. The fourth-order valence-corrected chi connectivity index (χ4v) is 2.98. The molecule has 2 heterocycles. The number of ether oxygens (including phenoxy) is 3. The number of nitrogens with one attached hydrogen (secondary N) is 1. The number of esters is 1. The van der Waals surface area contributed by atoms with Crippen molar-refractivity contribution in [3.63, 3.8) is 0 Å². The molecule has 28 heavy (non-hydrogen) atoms. The molecule has 0 bridgehead atoms. The molecule has 9 nitrogen and oxygen atoms in total. The van der Waals surface area contributed by atoms with Crippen LogP contribution in [0, 0.1) is 10.1 Å². The summed E-state index contributed by atoms with van der Waals surface area (Å²) in [5.74, 6) is -1.01. The molecule has 142 valence electrons. The lowest BCUT2D eigenvalue weighted by Crippen LogP contribution is -2.18. The van der Waals surface area contributed by atoms with Gasteiger partial charge in [-0.15, -0.1) is 0 Å². The van der Waals surface area contributed by atoms with Gasteiger partial charge in [0.15, 0.2) is 18.1 Å². The van der Waals surface area contributed by atoms with Crippen LogP contribution in [-0.4, -0.2) is 41.5 Å². The third-order valence-electron chi connectivity index (χ3n) is 4.30. The predicted octanol–water partition coefficient (Wildman–Crippen LogP) is 2.89. The van der Waals surface area contributed by atoms with E-state index in [-0.39, 0.29) is 30.3 Å². The van der Waals surface area contributed by atoms with Gasteiger partial charge in [-0.25, -0.2) is 4.79 Å². The molecule has 9 heteroatoms. The van der Waals surface area contributed by atoms with Gasteiger partial charge < -0.3 is 19.2 Å².